The highest BCUT2D eigenvalue weighted by Gasteiger charge is 2.18. The molecule has 3 nitrogen and oxygen atoms in total. The minimum Gasteiger partial charge on any atom is -0.437 e. The second kappa shape index (κ2) is 3.22. The SMILES string of the molecule is Clc1nc2oc3c(c2nc1Cl)CCC=C3. The summed E-state index contributed by atoms with van der Waals surface area (Å²) in [6.45, 7) is 0. The second-order valence-electron chi connectivity index (χ2n) is 3.34. The van der Waals surface area contributed by atoms with E-state index >= 15 is 0 Å². The van der Waals surface area contributed by atoms with E-state index < -0.39 is 0 Å². The van der Waals surface area contributed by atoms with Crippen LogP contribution in [-0.2, 0) is 6.42 Å². The molecular weight excluding hydrogens is 235 g/mol. The van der Waals surface area contributed by atoms with Gasteiger partial charge in [-0.3, -0.25) is 0 Å². The van der Waals surface area contributed by atoms with Gasteiger partial charge in [0.25, 0.3) is 0 Å². The number of halogens is 2. The van der Waals surface area contributed by atoms with E-state index in [1.807, 2.05) is 6.08 Å². The maximum Gasteiger partial charge on any atom is 0.247 e. The molecule has 0 atom stereocenters. The van der Waals surface area contributed by atoms with E-state index in [0.29, 0.717) is 5.71 Å². The van der Waals surface area contributed by atoms with Crippen molar-refractivity contribution in [1.29, 1.82) is 0 Å². The van der Waals surface area contributed by atoms with Crippen LogP contribution in [0.1, 0.15) is 17.7 Å². The van der Waals surface area contributed by atoms with Crippen molar-refractivity contribution < 1.29 is 4.42 Å². The van der Waals surface area contributed by atoms with Crippen molar-refractivity contribution in [3.05, 3.63) is 27.7 Å². The third-order valence-corrected chi connectivity index (χ3v) is 3.03. The van der Waals surface area contributed by atoms with E-state index in [9.17, 15) is 0 Å². The van der Waals surface area contributed by atoms with E-state index in [1.54, 1.807) is 0 Å². The van der Waals surface area contributed by atoms with Gasteiger partial charge in [-0.05, 0) is 18.9 Å². The van der Waals surface area contributed by atoms with Gasteiger partial charge >= 0.3 is 0 Å². The Morgan fingerprint density at radius 3 is 2.87 bits per heavy atom. The minimum atomic E-state index is 0.180. The molecule has 2 aromatic heterocycles. The highest BCUT2D eigenvalue weighted by molar-refractivity contribution is 6.40. The van der Waals surface area contributed by atoms with E-state index in [4.69, 9.17) is 27.6 Å². The quantitative estimate of drug-likeness (QED) is 0.708. The lowest BCUT2D eigenvalue weighted by Crippen LogP contribution is -1.91. The molecule has 0 amide bonds. The van der Waals surface area contributed by atoms with Crippen molar-refractivity contribution in [3.8, 4) is 0 Å². The largest absolute Gasteiger partial charge is 0.437 e. The Balaban J connectivity index is 2.38. The summed E-state index contributed by atoms with van der Waals surface area (Å²) >= 11 is 11.6. The van der Waals surface area contributed by atoms with Gasteiger partial charge in [0.1, 0.15) is 11.3 Å². The lowest BCUT2D eigenvalue weighted by molar-refractivity contribution is 0.584. The van der Waals surface area contributed by atoms with Gasteiger partial charge < -0.3 is 4.42 Å². The summed E-state index contributed by atoms with van der Waals surface area (Å²) in [5, 5.41) is 0.404. The molecule has 2 aromatic rings. The Bertz CT molecular complexity index is 574. The average Bonchev–Trinajstić information content (AvgIpc) is 2.57. The number of furan rings is 1. The van der Waals surface area contributed by atoms with Crippen LogP contribution in [0.3, 0.4) is 0 Å². The molecule has 0 radical (unpaired) electrons. The molecule has 0 unspecified atom stereocenters. The molecule has 3 rings (SSSR count). The lowest BCUT2D eigenvalue weighted by Gasteiger charge is -2.01. The Labute approximate surface area is 95.7 Å². The average molecular weight is 241 g/mol. The first-order valence-corrected chi connectivity index (χ1v) is 5.32. The third-order valence-electron chi connectivity index (χ3n) is 2.40. The van der Waals surface area contributed by atoms with Crippen LogP contribution in [0, 0.1) is 0 Å². The van der Waals surface area contributed by atoms with Crippen LogP contribution >= 0.6 is 23.2 Å². The van der Waals surface area contributed by atoms with Gasteiger partial charge in [-0.1, -0.05) is 29.3 Å². The van der Waals surface area contributed by atoms with E-state index in [0.717, 1.165) is 29.7 Å². The molecule has 5 heteroatoms. The highest BCUT2D eigenvalue weighted by atomic mass is 35.5. The molecule has 0 saturated carbocycles. The summed E-state index contributed by atoms with van der Waals surface area (Å²) in [4.78, 5) is 8.24. The fourth-order valence-electron chi connectivity index (χ4n) is 1.72. The van der Waals surface area contributed by atoms with Gasteiger partial charge in [0.05, 0.1) is 0 Å². The first-order valence-electron chi connectivity index (χ1n) is 4.56. The molecular formula is C10H6Cl2N2O. The third kappa shape index (κ3) is 1.34. The molecule has 0 spiro atoms. The maximum absolute atomic E-state index is 5.82. The van der Waals surface area contributed by atoms with Crippen molar-refractivity contribution >= 4 is 40.5 Å². The van der Waals surface area contributed by atoms with Crippen LogP contribution in [0.5, 0.6) is 0 Å². The van der Waals surface area contributed by atoms with E-state index in [-0.39, 0.29) is 10.3 Å². The van der Waals surface area contributed by atoms with Crippen molar-refractivity contribution in [2.24, 2.45) is 0 Å². The van der Waals surface area contributed by atoms with Crippen molar-refractivity contribution in [2.45, 2.75) is 12.8 Å². The predicted molar refractivity (Wildman–Crippen MR) is 59.2 cm³/mol. The Morgan fingerprint density at radius 1 is 1.20 bits per heavy atom. The molecule has 15 heavy (non-hydrogen) atoms. The molecule has 1 aliphatic rings. The first kappa shape index (κ1) is 9.19. The zero-order valence-corrected chi connectivity index (χ0v) is 9.14. The molecule has 2 heterocycles. The molecule has 0 saturated heterocycles. The highest BCUT2D eigenvalue weighted by Crippen LogP contribution is 2.31. The molecule has 0 aromatic carbocycles. The number of hydrogen-bond donors (Lipinski definition) is 0. The summed E-state index contributed by atoms with van der Waals surface area (Å²) in [5.74, 6) is 0.814. The van der Waals surface area contributed by atoms with Gasteiger partial charge in [0, 0.05) is 5.56 Å². The summed E-state index contributed by atoms with van der Waals surface area (Å²) in [6, 6.07) is 0. The van der Waals surface area contributed by atoms with Gasteiger partial charge in [-0.25, -0.2) is 4.98 Å². The van der Waals surface area contributed by atoms with Crippen molar-refractivity contribution in [3.63, 3.8) is 0 Å². The monoisotopic (exact) mass is 240 g/mol. The number of rotatable bonds is 0. The summed E-state index contributed by atoms with van der Waals surface area (Å²) in [7, 11) is 0. The first-order chi connectivity index (χ1) is 7.25. The minimum absolute atomic E-state index is 0.180. The summed E-state index contributed by atoms with van der Waals surface area (Å²) in [5.41, 5.74) is 2.25. The van der Waals surface area contributed by atoms with Gasteiger partial charge in [-0.2, -0.15) is 4.98 Å². The molecule has 1 aliphatic carbocycles. The number of aryl methyl sites for hydroxylation is 1. The topological polar surface area (TPSA) is 38.9 Å². The Hall–Kier alpha value is -1.06. The van der Waals surface area contributed by atoms with Crippen molar-refractivity contribution in [1.82, 2.24) is 9.97 Å². The zero-order chi connectivity index (χ0) is 10.4. The number of aromatic nitrogens is 2. The van der Waals surface area contributed by atoms with E-state index in [2.05, 4.69) is 16.0 Å². The van der Waals surface area contributed by atoms with Crippen molar-refractivity contribution in [2.75, 3.05) is 0 Å². The standard InChI is InChI=1S/C10H6Cl2N2O/c11-8-9(12)14-10-7(13-8)5-3-1-2-4-6(5)15-10/h2,4H,1,3H2. The Kier molecular flexibility index (Phi) is 1.97. The molecule has 0 bridgehead atoms. The summed E-state index contributed by atoms with van der Waals surface area (Å²) < 4.78 is 5.52. The fourth-order valence-corrected chi connectivity index (χ4v) is 1.97. The van der Waals surface area contributed by atoms with Crippen LogP contribution in [0.25, 0.3) is 17.3 Å². The molecule has 0 aliphatic heterocycles. The van der Waals surface area contributed by atoms with Crippen LogP contribution in [-0.4, -0.2) is 9.97 Å². The van der Waals surface area contributed by atoms with E-state index in [1.165, 1.54) is 0 Å². The Morgan fingerprint density at radius 2 is 2.00 bits per heavy atom. The van der Waals surface area contributed by atoms with Crippen LogP contribution < -0.4 is 0 Å². The molecule has 76 valence electrons. The number of hydrogen-bond acceptors (Lipinski definition) is 3. The van der Waals surface area contributed by atoms with Gasteiger partial charge in [0.2, 0.25) is 5.71 Å². The summed E-state index contributed by atoms with van der Waals surface area (Å²) in [6.07, 6.45) is 5.90. The van der Waals surface area contributed by atoms with Crippen LogP contribution in [0.15, 0.2) is 10.5 Å². The van der Waals surface area contributed by atoms with Gasteiger partial charge in [0.15, 0.2) is 10.3 Å². The number of fused-ring (bicyclic) bond motifs is 3. The smallest absolute Gasteiger partial charge is 0.247 e. The van der Waals surface area contributed by atoms with Gasteiger partial charge in [-0.15, -0.1) is 0 Å². The zero-order valence-electron chi connectivity index (χ0n) is 7.63. The number of allylic oxidation sites excluding steroid dienone is 1. The predicted octanol–water partition coefficient (Wildman–Crippen LogP) is 3.49. The fraction of sp³-hybridized carbons (Fsp3) is 0.200. The van der Waals surface area contributed by atoms with Crippen LogP contribution in [0.2, 0.25) is 10.3 Å². The molecule has 0 fully saturated rings. The normalized spacial score (nSPS) is 14.5. The number of nitrogens with zero attached hydrogens (tertiary/aromatic N) is 2. The lowest BCUT2D eigenvalue weighted by atomic mass is 10.0. The van der Waals surface area contributed by atoms with Crippen LogP contribution in [0.4, 0.5) is 0 Å². The maximum atomic E-state index is 5.82. The molecule has 0 N–H and O–H groups in total. The second-order valence-corrected chi connectivity index (χ2v) is 4.06.